The highest BCUT2D eigenvalue weighted by Crippen LogP contribution is 2.33. The van der Waals surface area contributed by atoms with Gasteiger partial charge >= 0.3 is 0 Å². The van der Waals surface area contributed by atoms with Gasteiger partial charge in [-0.2, -0.15) is 0 Å². The summed E-state index contributed by atoms with van der Waals surface area (Å²) in [6.45, 7) is 5.60. The topological polar surface area (TPSA) is 18.5 Å². The maximum absolute atomic E-state index is 13.8. The average Bonchev–Trinajstić information content (AvgIpc) is 2.28. The van der Waals surface area contributed by atoms with Gasteiger partial charge in [0.2, 0.25) is 0 Å². The Bertz CT molecular complexity index is 374. The van der Waals surface area contributed by atoms with E-state index >= 15 is 0 Å². The van der Waals surface area contributed by atoms with E-state index < -0.39 is 0 Å². The van der Waals surface area contributed by atoms with Crippen LogP contribution >= 0.6 is 0 Å². The lowest BCUT2D eigenvalue weighted by molar-refractivity contribution is 0.351. The molecule has 1 atom stereocenters. The Morgan fingerprint density at radius 2 is 1.88 bits per heavy atom. The maximum atomic E-state index is 13.8. The Balaban J connectivity index is 3.15. The number of rotatable bonds is 5. The van der Waals surface area contributed by atoms with Crippen LogP contribution in [0.2, 0.25) is 0 Å². The molecule has 0 heterocycles. The minimum Gasteiger partial charge on any atom is -0.493 e. The number of halogens is 1. The van der Waals surface area contributed by atoms with E-state index in [2.05, 4.69) is 6.58 Å². The van der Waals surface area contributed by atoms with Crippen LogP contribution in [0.4, 0.5) is 4.39 Å². The number of methoxy groups -OCH3 is 2. The van der Waals surface area contributed by atoms with Crippen molar-refractivity contribution in [2.75, 3.05) is 14.2 Å². The van der Waals surface area contributed by atoms with Gasteiger partial charge in [-0.25, -0.2) is 4.39 Å². The van der Waals surface area contributed by atoms with Crippen molar-refractivity contribution in [2.45, 2.75) is 19.3 Å². The van der Waals surface area contributed by atoms with Crippen LogP contribution in [0.5, 0.6) is 11.5 Å². The van der Waals surface area contributed by atoms with Gasteiger partial charge in [0.05, 0.1) is 14.2 Å². The summed E-state index contributed by atoms with van der Waals surface area (Å²) in [6.07, 6.45) is 2.51. The molecular weight excluding hydrogens is 207 g/mol. The molecule has 16 heavy (non-hydrogen) atoms. The third kappa shape index (κ3) is 2.54. The number of hydrogen-bond acceptors (Lipinski definition) is 2. The van der Waals surface area contributed by atoms with Crippen molar-refractivity contribution < 1.29 is 13.9 Å². The molecular formula is C13H17FO2. The summed E-state index contributed by atoms with van der Waals surface area (Å²) in [6, 6.07) is 3.04. The quantitative estimate of drug-likeness (QED) is 0.712. The van der Waals surface area contributed by atoms with Gasteiger partial charge in [-0.3, -0.25) is 0 Å². The molecule has 1 rings (SSSR count). The third-order valence-corrected chi connectivity index (χ3v) is 2.55. The average molecular weight is 224 g/mol. The number of hydrogen-bond donors (Lipinski definition) is 0. The fraction of sp³-hybridized carbons (Fsp3) is 0.385. The summed E-state index contributed by atoms with van der Waals surface area (Å²) in [5.74, 6) is 0.772. The predicted octanol–water partition coefficient (Wildman–Crippen LogP) is 3.52. The molecule has 0 saturated heterocycles. The van der Waals surface area contributed by atoms with Gasteiger partial charge in [0, 0.05) is 6.07 Å². The van der Waals surface area contributed by atoms with E-state index in [9.17, 15) is 4.39 Å². The van der Waals surface area contributed by atoms with Crippen molar-refractivity contribution in [3.63, 3.8) is 0 Å². The Morgan fingerprint density at radius 1 is 1.31 bits per heavy atom. The number of allylic oxidation sites excluding steroid dienone is 1. The summed E-state index contributed by atoms with van der Waals surface area (Å²) < 4.78 is 23.9. The summed E-state index contributed by atoms with van der Waals surface area (Å²) in [7, 11) is 3.03. The van der Waals surface area contributed by atoms with E-state index in [0.717, 1.165) is 6.42 Å². The van der Waals surface area contributed by atoms with Gasteiger partial charge in [0.1, 0.15) is 5.82 Å². The van der Waals surface area contributed by atoms with Crippen molar-refractivity contribution in [3.05, 3.63) is 36.2 Å². The van der Waals surface area contributed by atoms with Gasteiger partial charge in [-0.05, 0) is 24.0 Å². The molecule has 3 heteroatoms. The lowest BCUT2D eigenvalue weighted by Crippen LogP contribution is -1.99. The minimum absolute atomic E-state index is 0.0808. The smallest absolute Gasteiger partial charge is 0.163 e. The second kappa shape index (κ2) is 5.54. The van der Waals surface area contributed by atoms with Crippen molar-refractivity contribution in [1.29, 1.82) is 0 Å². The highest BCUT2D eigenvalue weighted by molar-refractivity contribution is 5.44. The van der Waals surface area contributed by atoms with Crippen LogP contribution in [0.15, 0.2) is 24.8 Å². The Kier molecular flexibility index (Phi) is 4.35. The first-order valence-corrected chi connectivity index (χ1v) is 5.16. The molecule has 88 valence electrons. The summed E-state index contributed by atoms with van der Waals surface area (Å²) in [4.78, 5) is 0. The molecule has 0 amide bonds. The second-order valence-corrected chi connectivity index (χ2v) is 3.65. The van der Waals surface area contributed by atoms with Gasteiger partial charge < -0.3 is 9.47 Å². The zero-order valence-electron chi connectivity index (χ0n) is 9.92. The summed E-state index contributed by atoms with van der Waals surface area (Å²) in [5.41, 5.74) is 0.623. The maximum Gasteiger partial charge on any atom is 0.163 e. The molecule has 1 aromatic carbocycles. The first-order chi connectivity index (χ1) is 7.63. The molecule has 0 fully saturated rings. The predicted molar refractivity (Wildman–Crippen MR) is 62.7 cm³/mol. The normalized spacial score (nSPS) is 12.0. The molecule has 0 spiro atoms. The van der Waals surface area contributed by atoms with Crippen molar-refractivity contribution in [2.24, 2.45) is 0 Å². The highest BCUT2D eigenvalue weighted by Gasteiger charge is 2.15. The van der Waals surface area contributed by atoms with Crippen LogP contribution in [0.3, 0.4) is 0 Å². The highest BCUT2D eigenvalue weighted by atomic mass is 19.1. The molecule has 0 aliphatic rings. The molecule has 0 aliphatic carbocycles. The van der Waals surface area contributed by atoms with Crippen LogP contribution in [-0.2, 0) is 0 Å². The van der Waals surface area contributed by atoms with E-state index in [1.54, 1.807) is 12.1 Å². The monoisotopic (exact) mass is 224 g/mol. The van der Waals surface area contributed by atoms with E-state index in [-0.39, 0.29) is 11.7 Å². The summed E-state index contributed by atoms with van der Waals surface area (Å²) in [5, 5.41) is 0. The molecule has 0 aliphatic heterocycles. The van der Waals surface area contributed by atoms with Crippen LogP contribution < -0.4 is 9.47 Å². The number of benzene rings is 1. The SMILES string of the molecule is C=CCC(C)c1cc(OC)c(OC)cc1F. The van der Waals surface area contributed by atoms with Gasteiger partial charge in [0.15, 0.2) is 11.5 Å². The molecule has 0 aromatic heterocycles. The molecule has 1 aromatic rings. The fourth-order valence-corrected chi connectivity index (χ4v) is 1.62. The second-order valence-electron chi connectivity index (χ2n) is 3.65. The molecule has 0 N–H and O–H groups in total. The third-order valence-electron chi connectivity index (χ3n) is 2.55. The Morgan fingerprint density at radius 3 is 2.38 bits per heavy atom. The van der Waals surface area contributed by atoms with E-state index in [1.165, 1.54) is 20.3 Å². The Labute approximate surface area is 95.7 Å². The molecule has 2 nitrogen and oxygen atoms in total. The van der Waals surface area contributed by atoms with Crippen LogP contribution in [0, 0.1) is 5.82 Å². The molecule has 0 radical (unpaired) electrons. The van der Waals surface area contributed by atoms with E-state index in [1.807, 2.05) is 6.92 Å². The van der Waals surface area contributed by atoms with Crippen LogP contribution in [0.1, 0.15) is 24.8 Å². The van der Waals surface area contributed by atoms with Crippen LogP contribution in [-0.4, -0.2) is 14.2 Å². The molecule has 1 unspecified atom stereocenters. The van der Waals surface area contributed by atoms with Gasteiger partial charge in [-0.15, -0.1) is 6.58 Å². The lowest BCUT2D eigenvalue weighted by atomic mass is 9.97. The zero-order valence-corrected chi connectivity index (χ0v) is 9.92. The first kappa shape index (κ1) is 12.6. The van der Waals surface area contributed by atoms with Crippen molar-refractivity contribution >= 4 is 0 Å². The minimum atomic E-state index is -0.271. The number of ether oxygens (including phenoxy) is 2. The standard InChI is InChI=1S/C13H17FO2/c1-5-6-9(2)10-7-12(15-3)13(16-4)8-11(10)14/h5,7-9H,1,6H2,2-4H3. The van der Waals surface area contributed by atoms with E-state index in [0.29, 0.717) is 17.1 Å². The fourth-order valence-electron chi connectivity index (χ4n) is 1.62. The molecule has 0 saturated carbocycles. The first-order valence-electron chi connectivity index (χ1n) is 5.16. The zero-order chi connectivity index (χ0) is 12.1. The summed E-state index contributed by atoms with van der Waals surface area (Å²) >= 11 is 0. The van der Waals surface area contributed by atoms with Crippen LogP contribution in [0.25, 0.3) is 0 Å². The largest absolute Gasteiger partial charge is 0.493 e. The molecule has 0 bridgehead atoms. The van der Waals surface area contributed by atoms with E-state index in [4.69, 9.17) is 9.47 Å². The lowest BCUT2D eigenvalue weighted by Gasteiger charge is -2.14. The van der Waals surface area contributed by atoms with Crippen molar-refractivity contribution in [1.82, 2.24) is 0 Å². The van der Waals surface area contributed by atoms with Gasteiger partial charge in [0.25, 0.3) is 0 Å². The van der Waals surface area contributed by atoms with Gasteiger partial charge in [-0.1, -0.05) is 13.0 Å². The Hall–Kier alpha value is -1.51. The van der Waals surface area contributed by atoms with Crippen molar-refractivity contribution in [3.8, 4) is 11.5 Å².